The van der Waals surface area contributed by atoms with Crippen molar-refractivity contribution in [3.8, 4) is 11.8 Å². The lowest BCUT2D eigenvalue weighted by Crippen LogP contribution is -2.30. The Morgan fingerprint density at radius 2 is 1.89 bits per heavy atom. The minimum absolute atomic E-state index is 0.197. The molecule has 0 saturated carbocycles. The largest absolute Gasteiger partial charge is 0.478 e. The lowest BCUT2D eigenvalue weighted by molar-refractivity contribution is -0.157. The second kappa shape index (κ2) is 8.73. The molecule has 1 unspecified atom stereocenters. The van der Waals surface area contributed by atoms with Gasteiger partial charge in [-0.15, -0.1) is 0 Å². The highest BCUT2D eigenvalue weighted by molar-refractivity contribution is 5.87. The molecule has 4 nitrogen and oxygen atoms in total. The fourth-order valence-corrected chi connectivity index (χ4v) is 2.76. The summed E-state index contributed by atoms with van der Waals surface area (Å²) >= 11 is 0. The van der Waals surface area contributed by atoms with E-state index in [1.807, 2.05) is 26.8 Å². The molecule has 0 radical (unpaired) electrons. The highest BCUT2D eigenvalue weighted by atomic mass is 16.5. The summed E-state index contributed by atoms with van der Waals surface area (Å²) in [7, 11) is 0. The molecule has 0 amide bonds. The van der Waals surface area contributed by atoms with E-state index in [4.69, 9.17) is 9.84 Å². The Morgan fingerprint density at radius 1 is 1.22 bits per heavy atom. The number of hydrogen-bond acceptors (Lipinski definition) is 3. The minimum Gasteiger partial charge on any atom is -0.478 e. The van der Waals surface area contributed by atoms with E-state index in [9.17, 15) is 9.59 Å². The number of ether oxygens (including phenoxy) is 1. The lowest BCUT2D eigenvalue weighted by atomic mass is 9.89. The molecule has 1 aliphatic rings. The Morgan fingerprint density at radius 3 is 2.48 bits per heavy atom. The number of hydrogen-bond donors (Lipinski definition) is 1. The second-order valence-electron chi connectivity index (χ2n) is 7.76. The molecule has 142 valence electrons. The maximum Gasteiger partial charge on any atom is 0.335 e. The number of aromatic carboxylic acids is 1. The lowest BCUT2D eigenvalue weighted by Gasteiger charge is -2.28. The quantitative estimate of drug-likeness (QED) is 0.619. The van der Waals surface area contributed by atoms with Crippen molar-refractivity contribution in [2.24, 2.45) is 5.41 Å². The van der Waals surface area contributed by atoms with Crippen LogP contribution in [0, 0.1) is 17.3 Å². The number of carboxylic acids is 1. The van der Waals surface area contributed by atoms with E-state index >= 15 is 0 Å². The van der Waals surface area contributed by atoms with Gasteiger partial charge in [-0.2, -0.15) is 0 Å². The van der Waals surface area contributed by atoms with E-state index in [1.54, 1.807) is 18.2 Å². The summed E-state index contributed by atoms with van der Waals surface area (Å²) < 4.78 is 5.74. The van der Waals surface area contributed by atoms with Crippen molar-refractivity contribution in [2.75, 3.05) is 0 Å². The van der Waals surface area contributed by atoms with Crippen molar-refractivity contribution < 1.29 is 19.4 Å². The van der Waals surface area contributed by atoms with Crippen molar-refractivity contribution in [3.63, 3.8) is 0 Å². The molecular weight excluding hydrogens is 340 g/mol. The average molecular weight is 366 g/mol. The minimum atomic E-state index is -0.954. The Labute approximate surface area is 160 Å². The molecule has 1 aromatic carbocycles. The van der Waals surface area contributed by atoms with E-state index in [2.05, 4.69) is 18.8 Å². The summed E-state index contributed by atoms with van der Waals surface area (Å²) in [6, 6.07) is 6.43. The van der Waals surface area contributed by atoms with Gasteiger partial charge in [0.15, 0.2) is 0 Å². The molecule has 0 saturated heterocycles. The zero-order chi connectivity index (χ0) is 20.0. The van der Waals surface area contributed by atoms with Crippen LogP contribution in [0.15, 0.2) is 47.6 Å². The first-order chi connectivity index (χ1) is 12.7. The van der Waals surface area contributed by atoms with Crippen molar-refractivity contribution in [1.82, 2.24) is 0 Å². The third-order valence-corrected chi connectivity index (χ3v) is 4.41. The number of rotatable bonds is 3. The maximum atomic E-state index is 12.2. The predicted molar refractivity (Wildman–Crippen MR) is 105 cm³/mol. The second-order valence-corrected chi connectivity index (χ2v) is 7.76. The van der Waals surface area contributed by atoms with Crippen LogP contribution in [0.1, 0.15) is 62.9 Å². The Kier molecular flexibility index (Phi) is 6.63. The molecule has 0 spiro atoms. The molecule has 0 fully saturated rings. The first kappa shape index (κ1) is 20.5. The average Bonchev–Trinajstić information content (AvgIpc) is 2.60. The van der Waals surface area contributed by atoms with Crippen molar-refractivity contribution in [3.05, 3.63) is 58.7 Å². The third-order valence-electron chi connectivity index (χ3n) is 4.41. The van der Waals surface area contributed by atoms with Gasteiger partial charge >= 0.3 is 11.9 Å². The topological polar surface area (TPSA) is 63.6 Å². The van der Waals surface area contributed by atoms with Gasteiger partial charge in [-0.3, -0.25) is 4.79 Å². The monoisotopic (exact) mass is 366 g/mol. The highest BCUT2D eigenvalue weighted by Gasteiger charge is 2.29. The molecule has 0 bridgehead atoms. The van der Waals surface area contributed by atoms with E-state index < -0.39 is 11.4 Å². The van der Waals surface area contributed by atoms with E-state index in [0.29, 0.717) is 0 Å². The van der Waals surface area contributed by atoms with Crippen LogP contribution in [0.25, 0.3) is 0 Å². The number of carbonyl (C=O) groups is 2. The van der Waals surface area contributed by atoms with Crippen LogP contribution in [0.3, 0.4) is 0 Å². The maximum absolute atomic E-state index is 12.2. The first-order valence-corrected chi connectivity index (χ1v) is 9.10. The van der Waals surface area contributed by atoms with Crippen LogP contribution in [-0.4, -0.2) is 23.1 Å². The molecule has 1 aromatic rings. The zero-order valence-electron chi connectivity index (χ0n) is 16.3. The smallest absolute Gasteiger partial charge is 0.335 e. The van der Waals surface area contributed by atoms with Gasteiger partial charge in [-0.1, -0.05) is 17.4 Å². The van der Waals surface area contributed by atoms with Crippen LogP contribution in [0.2, 0.25) is 0 Å². The van der Waals surface area contributed by atoms with Crippen LogP contribution in [0.4, 0.5) is 0 Å². The fourth-order valence-electron chi connectivity index (χ4n) is 2.76. The van der Waals surface area contributed by atoms with Crippen LogP contribution >= 0.6 is 0 Å². The SMILES string of the molecule is CC1=C(C=CC#Cc2ccc(C(=O)O)cc2)C(OC(=O)C(C)(C)C)CCC1. The molecule has 1 aliphatic carbocycles. The summed E-state index contributed by atoms with van der Waals surface area (Å²) in [4.78, 5) is 23.1. The van der Waals surface area contributed by atoms with Crippen molar-refractivity contribution in [2.45, 2.75) is 53.1 Å². The van der Waals surface area contributed by atoms with E-state index in [-0.39, 0.29) is 17.6 Å². The summed E-state index contributed by atoms with van der Waals surface area (Å²) in [5, 5.41) is 8.91. The van der Waals surface area contributed by atoms with Crippen molar-refractivity contribution in [1.29, 1.82) is 0 Å². The molecule has 0 aliphatic heterocycles. The zero-order valence-corrected chi connectivity index (χ0v) is 16.3. The highest BCUT2D eigenvalue weighted by Crippen LogP contribution is 2.30. The number of benzene rings is 1. The summed E-state index contributed by atoms with van der Waals surface area (Å²) in [6.07, 6.45) is 6.28. The Bertz CT molecular complexity index is 824. The van der Waals surface area contributed by atoms with Gasteiger partial charge in [0.05, 0.1) is 11.0 Å². The molecule has 4 heteroatoms. The van der Waals surface area contributed by atoms with Crippen LogP contribution < -0.4 is 0 Å². The molecule has 0 aromatic heterocycles. The van der Waals surface area contributed by atoms with Gasteiger partial charge in [0, 0.05) is 5.56 Å². The van der Waals surface area contributed by atoms with Crippen LogP contribution in [0.5, 0.6) is 0 Å². The first-order valence-electron chi connectivity index (χ1n) is 9.10. The Balaban J connectivity index is 2.11. The molecule has 1 N–H and O–H groups in total. The Hall–Kier alpha value is -2.80. The van der Waals surface area contributed by atoms with Gasteiger partial charge in [-0.05, 0) is 88.9 Å². The number of carboxylic acid groups (broad SMARTS) is 1. The summed E-state index contributed by atoms with van der Waals surface area (Å²) in [5.74, 6) is 4.80. The summed E-state index contributed by atoms with van der Waals surface area (Å²) in [5.41, 5.74) is 2.70. The fraction of sp³-hybridized carbons (Fsp3) is 0.391. The van der Waals surface area contributed by atoms with E-state index in [1.165, 1.54) is 17.7 Å². The van der Waals surface area contributed by atoms with Gasteiger partial charge < -0.3 is 9.84 Å². The predicted octanol–water partition coefficient (Wildman–Crippen LogP) is 4.75. The number of allylic oxidation sites excluding steroid dienone is 2. The van der Waals surface area contributed by atoms with E-state index in [0.717, 1.165) is 30.4 Å². The van der Waals surface area contributed by atoms with Gasteiger partial charge in [0.2, 0.25) is 0 Å². The number of carbonyl (C=O) groups excluding carboxylic acids is 1. The molecular formula is C23H26O4. The molecule has 2 rings (SSSR count). The van der Waals surface area contributed by atoms with Crippen LogP contribution in [-0.2, 0) is 9.53 Å². The van der Waals surface area contributed by atoms with Gasteiger partial charge in [0.1, 0.15) is 6.10 Å². The third kappa shape index (κ3) is 5.86. The normalized spacial score (nSPS) is 17.4. The number of esters is 1. The standard InChI is InChI=1S/C23H26O4/c1-16-8-7-11-20(27-22(26)23(2,3)4)19(16)10-6-5-9-17-12-14-18(15-13-17)21(24)25/h6,10,12-15,20H,7-8,11H2,1-4H3,(H,24,25). The van der Waals surface area contributed by atoms with Crippen molar-refractivity contribution >= 4 is 11.9 Å². The molecule has 1 atom stereocenters. The molecule has 0 heterocycles. The summed E-state index contributed by atoms with van der Waals surface area (Å²) in [6.45, 7) is 7.62. The van der Waals surface area contributed by atoms with Gasteiger partial charge in [-0.25, -0.2) is 4.79 Å². The molecule has 27 heavy (non-hydrogen) atoms. The van der Waals surface area contributed by atoms with Gasteiger partial charge in [0.25, 0.3) is 0 Å².